The maximum atomic E-state index is 5.83. The number of rotatable bonds is 3. The Morgan fingerprint density at radius 1 is 1.43 bits per heavy atom. The number of fused-ring (bicyclic) bond motifs is 2. The van der Waals surface area contributed by atoms with Crippen LogP contribution < -0.4 is 5.32 Å². The Morgan fingerprint density at radius 3 is 2.50 bits per heavy atom. The zero-order chi connectivity index (χ0) is 10.1. The zero-order valence-electron chi connectivity index (χ0n) is 8.80. The second kappa shape index (κ2) is 4.21. The standard InChI is InChI=1S/C11H19ClN2/c1-8(12)7-14(2)11-5-9-3-4-10(6-11)13-9/h9-11,13H,1,3-7H2,2H3. The maximum absolute atomic E-state index is 5.83. The van der Waals surface area contributed by atoms with E-state index < -0.39 is 0 Å². The Bertz CT molecular complexity index is 217. The molecule has 0 radical (unpaired) electrons. The van der Waals surface area contributed by atoms with Crippen LogP contribution >= 0.6 is 11.6 Å². The van der Waals surface area contributed by atoms with Crippen LogP contribution in [-0.2, 0) is 0 Å². The average Bonchev–Trinajstić information content (AvgIpc) is 2.44. The van der Waals surface area contributed by atoms with Crippen LogP contribution in [0, 0.1) is 0 Å². The van der Waals surface area contributed by atoms with Crippen molar-refractivity contribution in [3.05, 3.63) is 11.6 Å². The van der Waals surface area contributed by atoms with Gasteiger partial charge in [0.25, 0.3) is 0 Å². The van der Waals surface area contributed by atoms with E-state index in [0.29, 0.717) is 6.04 Å². The maximum Gasteiger partial charge on any atom is 0.0335 e. The molecule has 0 amide bonds. The van der Waals surface area contributed by atoms with Crippen molar-refractivity contribution in [2.24, 2.45) is 0 Å². The number of halogens is 1. The van der Waals surface area contributed by atoms with E-state index in [0.717, 1.165) is 23.7 Å². The molecule has 2 unspecified atom stereocenters. The lowest BCUT2D eigenvalue weighted by atomic mass is 9.98. The molecule has 2 fully saturated rings. The number of likely N-dealkylation sites (N-methyl/N-ethyl adjacent to an activating group) is 1. The monoisotopic (exact) mass is 214 g/mol. The summed E-state index contributed by atoms with van der Waals surface area (Å²) >= 11 is 5.83. The van der Waals surface area contributed by atoms with Gasteiger partial charge in [0, 0.05) is 29.7 Å². The fourth-order valence-electron chi connectivity index (χ4n) is 2.79. The highest BCUT2D eigenvalue weighted by Crippen LogP contribution is 2.29. The van der Waals surface area contributed by atoms with Gasteiger partial charge in [0.15, 0.2) is 0 Å². The van der Waals surface area contributed by atoms with Gasteiger partial charge in [-0.2, -0.15) is 0 Å². The Labute approximate surface area is 91.3 Å². The summed E-state index contributed by atoms with van der Waals surface area (Å²) < 4.78 is 0. The highest BCUT2D eigenvalue weighted by Gasteiger charge is 2.34. The molecule has 0 saturated carbocycles. The molecule has 1 N–H and O–H groups in total. The first-order chi connectivity index (χ1) is 6.65. The first-order valence-corrected chi connectivity index (χ1v) is 5.82. The molecule has 14 heavy (non-hydrogen) atoms. The molecule has 2 aliphatic rings. The van der Waals surface area contributed by atoms with E-state index in [1.807, 2.05) is 0 Å². The van der Waals surface area contributed by atoms with Gasteiger partial charge in [-0.05, 0) is 32.7 Å². The minimum Gasteiger partial charge on any atom is -0.311 e. The summed E-state index contributed by atoms with van der Waals surface area (Å²) in [6, 6.07) is 2.21. The first kappa shape index (κ1) is 10.5. The number of nitrogens with one attached hydrogen (secondary N) is 1. The smallest absolute Gasteiger partial charge is 0.0335 e. The van der Waals surface area contributed by atoms with E-state index in [1.165, 1.54) is 25.7 Å². The van der Waals surface area contributed by atoms with Crippen molar-refractivity contribution in [3.63, 3.8) is 0 Å². The molecule has 2 saturated heterocycles. The molecule has 0 aromatic heterocycles. The van der Waals surface area contributed by atoms with Crippen LogP contribution in [0.4, 0.5) is 0 Å². The molecule has 0 spiro atoms. The van der Waals surface area contributed by atoms with Gasteiger partial charge in [-0.3, -0.25) is 4.90 Å². The van der Waals surface area contributed by atoms with Crippen LogP contribution in [0.15, 0.2) is 11.6 Å². The molecule has 80 valence electrons. The Hall–Kier alpha value is -0.0500. The number of piperidine rings is 1. The SMILES string of the molecule is C=C(Cl)CN(C)C1CC2CCC(C1)N2. The number of nitrogens with zero attached hydrogens (tertiary/aromatic N) is 1. The molecule has 0 aromatic carbocycles. The average molecular weight is 215 g/mol. The molecule has 0 aliphatic carbocycles. The van der Waals surface area contributed by atoms with Gasteiger partial charge in [-0.25, -0.2) is 0 Å². The predicted octanol–water partition coefficient (Wildman–Crippen LogP) is 1.95. The van der Waals surface area contributed by atoms with Crippen LogP contribution in [0.5, 0.6) is 0 Å². The van der Waals surface area contributed by atoms with Crippen molar-refractivity contribution in [2.75, 3.05) is 13.6 Å². The topological polar surface area (TPSA) is 15.3 Å². The Balaban J connectivity index is 1.89. The van der Waals surface area contributed by atoms with E-state index in [1.54, 1.807) is 0 Å². The Morgan fingerprint density at radius 2 is 2.00 bits per heavy atom. The quantitative estimate of drug-likeness (QED) is 0.773. The predicted molar refractivity (Wildman–Crippen MR) is 60.6 cm³/mol. The van der Waals surface area contributed by atoms with Gasteiger partial charge in [-0.1, -0.05) is 18.2 Å². The third-order valence-electron chi connectivity index (χ3n) is 3.49. The normalized spacial score (nSPS) is 36.4. The first-order valence-electron chi connectivity index (χ1n) is 5.44. The van der Waals surface area contributed by atoms with E-state index >= 15 is 0 Å². The fourth-order valence-corrected chi connectivity index (χ4v) is 2.98. The molecule has 2 bridgehead atoms. The molecule has 2 rings (SSSR count). The van der Waals surface area contributed by atoms with Crippen LogP contribution in [-0.4, -0.2) is 36.6 Å². The molecule has 0 aromatic rings. The number of hydrogen-bond acceptors (Lipinski definition) is 2. The lowest BCUT2D eigenvalue weighted by Crippen LogP contribution is -2.47. The van der Waals surface area contributed by atoms with Gasteiger partial charge < -0.3 is 5.32 Å². The summed E-state index contributed by atoms with van der Waals surface area (Å²) in [6.07, 6.45) is 5.27. The summed E-state index contributed by atoms with van der Waals surface area (Å²) in [6.45, 7) is 4.58. The largest absolute Gasteiger partial charge is 0.311 e. The minimum atomic E-state index is 0.698. The number of hydrogen-bond donors (Lipinski definition) is 1. The van der Waals surface area contributed by atoms with Crippen molar-refractivity contribution in [2.45, 2.75) is 43.8 Å². The van der Waals surface area contributed by atoms with Gasteiger partial charge in [0.05, 0.1) is 0 Å². The van der Waals surface area contributed by atoms with Crippen LogP contribution in [0.2, 0.25) is 0 Å². The molecule has 2 heterocycles. The molecule has 2 nitrogen and oxygen atoms in total. The molecular weight excluding hydrogens is 196 g/mol. The molecule has 2 atom stereocenters. The zero-order valence-corrected chi connectivity index (χ0v) is 9.56. The van der Waals surface area contributed by atoms with Crippen molar-refractivity contribution in [1.29, 1.82) is 0 Å². The highest BCUT2D eigenvalue weighted by atomic mass is 35.5. The second-order valence-electron chi connectivity index (χ2n) is 4.70. The highest BCUT2D eigenvalue weighted by molar-refractivity contribution is 6.29. The van der Waals surface area contributed by atoms with Gasteiger partial charge in [0.2, 0.25) is 0 Å². The summed E-state index contributed by atoms with van der Waals surface area (Å²) in [7, 11) is 2.16. The van der Waals surface area contributed by atoms with E-state index in [9.17, 15) is 0 Å². The van der Waals surface area contributed by atoms with Crippen molar-refractivity contribution < 1.29 is 0 Å². The second-order valence-corrected chi connectivity index (χ2v) is 5.23. The van der Waals surface area contributed by atoms with Crippen molar-refractivity contribution >= 4 is 11.6 Å². The van der Waals surface area contributed by atoms with Gasteiger partial charge in [-0.15, -0.1) is 0 Å². The molecule has 2 aliphatic heterocycles. The van der Waals surface area contributed by atoms with Crippen molar-refractivity contribution in [1.82, 2.24) is 10.2 Å². The summed E-state index contributed by atoms with van der Waals surface area (Å²) in [4.78, 5) is 2.35. The van der Waals surface area contributed by atoms with E-state index in [2.05, 4.69) is 23.8 Å². The summed E-state index contributed by atoms with van der Waals surface area (Å²) in [5.74, 6) is 0. The van der Waals surface area contributed by atoms with Gasteiger partial charge in [0.1, 0.15) is 0 Å². The van der Waals surface area contributed by atoms with Crippen LogP contribution in [0.3, 0.4) is 0 Å². The minimum absolute atomic E-state index is 0.698. The molecular formula is C11H19ClN2. The third-order valence-corrected chi connectivity index (χ3v) is 3.61. The van der Waals surface area contributed by atoms with E-state index in [4.69, 9.17) is 11.6 Å². The Kier molecular flexibility index (Phi) is 3.15. The summed E-state index contributed by atoms with van der Waals surface area (Å²) in [5.41, 5.74) is 0. The lowest BCUT2D eigenvalue weighted by Gasteiger charge is -2.35. The summed E-state index contributed by atoms with van der Waals surface area (Å²) in [5, 5.41) is 4.39. The van der Waals surface area contributed by atoms with Crippen LogP contribution in [0.25, 0.3) is 0 Å². The van der Waals surface area contributed by atoms with Gasteiger partial charge >= 0.3 is 0 Å². The lowest BCUT2D eigenvalue weighted by molar-refractivity contribution is 0.186. The third kappa shape index (κ3) is 2.30. The fraction of sp³-hybridized carbons (Fsp3) is 0.818. The molecule has 3 heteroatoms. The van der Waals surface area contributed by atoms with Crippen molar-refractivity contribution in [3.8, 4) is 0 Å². The van der Waals surface area contributed by atoms with Crippen LogP contribution in [0.1, 0.15) is 25.7 Å². The van der Waals surface area contributed by atoms with E-state index in [-0.39, 0.29) is 0 Å².